The number of rotatable bonds is 6. The number of aliphatic hydroxyl groups is 2. The van der Waals surface area contributed by atoms with Gasteiger partial charge in [-0.05, 0) is 32.8 Å². The second-order valence-corrected chi connectivity index (χ2v) is 6.01. The number of hydrogen-bond donors (Lipinski definition) is 3. The first-order valence-electron chi connectivity index (χ1n) is 7.11. The lowest BCUT2D eigenvalue weighted by atomic mass is 10.0. The van der Waals surface area contributed by atoms with Gasteiger partial charge in [-0.1, -0.05) is 24.3 Å². The fourth-order valence-corrected chi connectivity index (χ4v) is 1.79. The van der Waals surface area contributed by atoms with E-state index in [0.717, 1.165) is 0 Å². The highest BCUT2D eigenvalue weighted by Crippen LogP contribution is 2.19. The van der Waals surface area contributed by atoms with Gasteiger partial charge in [0.15, 0.2) is 0 Å². The minimum Gasteiger partial charge on any atom is -0.444 e. The molecule has 0 radical (unpaired) electrons. The van der Waals surface area contributed by atoms with Crippen molar-refractivity contribution in [2.45, 2.75) is 45.0 Å². The summed E-state index contributed by atoms with van der Waals surface area (Å²) in [6.45, 7) is 5.45. The van der Waals surface area contributed by atoms with Crippen LogP contribution in [0.5, 0.6) is 0 Å². The Labute approximate surface area is 130 Å². The van der Waals surface area contributed by atoms with Gasteiger partial charge in [-0.25, -0.2) is 4.79 Å². The molecule has 0 aliphatic rings. The van der Waals surface area contributed by atoms with Gasteiger partial charge in [0.05, 0.1) is 6.10 Å². The van der Waals surface area contributed by atoms with E-state index >= 15 is 0 Å². The van der Waals surface area contributed by atoms with Crippen molar-refractivity contribution in [2.75, 3.05) is 6.54 Å². The van der Waals surface area contributed by atoms with Gasteiger partial charge in [0.25, 0.3) is 0 Å². The number of hydrogen-bond acceptors (Lipinski definition) is 5. The monoisotopic (exact) mass is 309 g/mol. The van der Waals surface area contributed by atoms with Crippen LogP contribution in [0, 0.1) is 0 Å². The number of carbonyl (C=O) groups excluding carboxylic acids is 2. The summed E-state index contributed by atoms with van der Waals surface area (Å²) in [5.41, 5.74) is 0.426. The molecule has 6 heteroatoms. The number of nitrogens with one attached hydrogen (secondary N) is 1. The van der Waals surface area contributed by atoms with Crippen LogP contribution in [0.1, 0.15) is 49.2 Å². The van der Waals surface area contributed by atoms with Crippen LogP contribution in [-0.4, -0.2) is 40.8 Å². The fourth-order valence-electron chi connectivity index (χ4n) is 1.79. The molecule has 22 heavy (non-hydrogen) atoms. The Morgan fingerprint density at radius 3 is 2.36 bits per heavy atom. The minimum absolute atomic E-state index is 0.176. The molecule has 1 aromatic rings. The molecule has 0 heterocycles. The molecule has 2 atom stereocenters. The molecule has 2 unspecified atom stereocenters. The summed E-state index contributed by atoms with van der Waals surface area (Å²) < 4.78 is 5.06. The van der Waals surface area contributed by atoms with Gasteiger partial charge in [-0.2, -0.15) is 0 Å². The summed E-state index contributed by atoms with van der Waals surface area (Å²) in [5.74, 6) is 0. The molecule has 122 valence electrons. The van der Waals surface area contributed by atoms with Crippen molar-refractivity contribution in [3.05, 3.63) is 35.4 Å². The smallest absolute Gasteiger partial charge is 0.407 e. The van der Waals surface area contributed by atoms with Crippen LogP contribution in [0.25, 0.3) is 0 Å². The normalized spacial score (nSPS) is 14.0. The summed E-state index contributed by atoms with van der Waals surface area (Å²) in [6.07, 6.45) is -1.80. The largest absolute Gasteiger partial charge is 0.444 e. The third kappa shape index (κ3) is 6.24. The Balaban J connectivity index is 2.42. The van der Waals surface area contributed by atoms with Crippen molar-refractivity contribution in [2.24, 2.45) is 0 Å². The number of amides is 1. The lowest BCUT2D eigenvalue weighted by Gasteiger charge is -2.21. The van der Waals surface area contributed by atoms with Gasteiger partial charge >= 0.3 is 6.09 Å². The zero-order valence-corrected chi connectivity index (χ0v) is 13.1. The Bertz CT molecular complexity index is 492. The van der Waals surface area contributed by atoms with Crippen LogP contribution in [0.4, 0.5) is 4.79 Å². The first kappa shape index (κ1) is 18.1. The van der Waals surface area contributed by atoms with Gasteiger partial charge in [-0.3, -0.25) is 4.79 Å². The first-order valence-corrected chi connectivity index (χ1v) is 7.11. The van der Waals surface area contributed by atoms with E-state index in [1.54, 1.807) is 45.0 Å². The van der Waals surface area contributed by atoms with Crippen molar-refractivity contribution < 1.29 is 24.5 Å². The molecule has 0 aliphatic carbocycles. The summed E-state index contributed by atoms with van der Waals surface area (Å²) in [6, 6.07) is 6.30. The van der Waals surface area contributed by atoms with Crippen molar-refractivity contribution in [1.82, 2.24) is 5.32 Å². The number of benzene rings is 1. The van der Waals surface area contributed by atoms with Gasteiger partial charge in [0, 0.05) is 12.1 Å². The van der Waals surface area contributed by atoms with Gasteiger partial charge in [0.1, 0.15) is 18.0 Å². The van der Waals surface area contributed by atoms with Crippen LogP contribution in [0.15, 0.2) is 24.3 Å². The fraction of sp³-hybridized carbons (Fsp3) is 0.500. The summed E-state index contributed by atoms with van der Waals surface area (Å²) in [7, 11) is 0. The quantitative estimate of drug-likeness (QED) is 0.696. The van der Waals surface area contributed by atoms with Crippen LogP contribution >= 0.6 is 0 Å². The molecule has 6 nitrogen and oxygen atoms in total. The topological polar surface area (TPSA) is 95.9 Å². The second kappa shape index (κ2) is 7.91. The third-order valence-electron chi connectivity index (χ3n) is 2.89. The van der Waals surface area contributed by atoms with E-state index in [4.69, 9.17) is 4.74 Å². The Morgan fingerprint density at radius 1 is 1.27 bits per heavy atom. The summed E-state index contributed by atoms with van der Waals surface area (Å²) in [4.78, 5) is 22.0. The molecule has 0 bridgehead atoms. The van der Waals surface area contributed by atoms with E-state index in [1.807, 2.05) is 0 Å². The first-order chi connectivity index (χ1) is 10.2. The molecule has 0 saturated heterocycles. The molecule has 1 rings (SSSR count). The van der Waals surface area contributed by atoms with Crippen LogP contribution in [-0.2, 0) is 4.74 Å². The number of aldehydes is 1. The van der Waals surface area contributed by atoms with E-state index in [9.17, 15) is 19.8 Å². The van der Waals surface area contributed by atoms with Crippen molar-refractivity contribution >= 4 is 12.4 Å². The van der Waals surface area contributed by atoms with Crippen molar-refractivity contribution in [1.29, 1.82) is 0 Å². The molecule has 0 aliphatic heterocycles. The minimum atomic E-state index is -1.08. The zero-order valence-electron chi connectivity index (χ0n) is 13.1. The molecule has 1 aromatic carbocycles. The van der Waals surface area contributed by atoms with Crippen molar-refractivity contribution in [3.8, 4) is 0 Å². The third-order valence-corrected chi connectivity index (χ3v) is 2.89. The molecule has 0 fully saturated rings. The number of aliphatic hydroxyl groups excluding tert-OH is 2. The van der Waals surface area contributed by atoms with E-state index in [1.165, 1.54) is 0 Å². The highest BCUT2D eigenvalue weighted by molar-refractivity contribution is 5.74. The maximum absolute atomic E-state index is 11.4. The van der Waals surface area contributed by atoms with Crippen LogP contribution in [0.3, 0.4) is 0 Å². The van der Waals surface area contributed by atoms with E-state index in [2.05, 4.69) is 5.32 Å². The molecular formula is C16H23NO5. The summed E-state index contributed by atoms with van der Waals surface area (Å²) >= 11 is 0. The average molecular weight is 309 g/mol. The van der Waals surface area contributed by atoms with Crippen LogP contribution in [0.2, 0.25) is 0 Å². The van der Waals surface area contributed by atoms with E-state index in [0.29, 0.717) is 17.4 Å². The highest BCUT2D eigenvalue weighted by atomic mass is 16.6. The number of alkyl carbamates (subject to hydrolysis) is 1. The van der Waals surface area contributed by atoms with Crippen molar-refractivity contribution in [3.63, 3.8) is 0 Å². The average Bonchev–Trinajstić information content (AvgIpc) is 2.44. The standard InChI is InChI=1S/C16H23NO5/c1-16(2,3)22-15(21)17-9-8-13(19)14(20)12-6-4-11(10-18)5-7-12/h4-7,10,13-14,19-20H,8-9H2,1-3H3,(H,17,21). The summed E-state index contributed by atoms with van der Waals surface area (Å²) in [5, 5.41) is 22.5. The maximum Gasteiger partial charge on any atom is 0.407 e. The molecule has 0 aromatic heterocycles. The highest BCUT2D eigenvalue weighted by Gasteiger charge is 2.19. The van der Waals surface area contributed by atoms with Gasteiger partial charge < -0.3 is 20.3 Å². The molecule has 3 N–H and O–H groups in total. The lowest BCUT2D eigenvalue weighted by molar-refractivity contribution is 0.0123. The predicted molar refractivity (Wildman–Crippen MR) is 81.6 cm³/mol. The zero-order chi connectivity index (χ0) is 16.8. The number of carbonyl (C=O) groups is 2. The SMILES string of the molecule is CC(C)(C)OC(=O)NCCC(O)C(O)c1ccc(C=O)cc1. The predicted octanol–water partition coefficient (Wildman–Crippen LogP) is 1.81. The van der Waals surface area contributed by atoms with Gasteiger partial charge in [-0.15, -0.1) is 0 Å². The number of ether oxygens (including phenoxy) is 1. The maximum atomic E-state index is 11.4. The van der Waals surface area contributed by atoms with Crippen LogP contribution < -0.4 is 5.32 Å². The molecule has 1 amide bonds. The Kier molecular flexibility index (Phi) is 6.52. The van der Waals surface area contributed by atoms with Gasteiger partial charge in [0.2, 0.25) is 0 Å². The molecular weight excluding hydrogens is 286 g/mol. The molecule has 0 saturated carbocycles. The Morgan fingerprint density at radius 2 is 1.86 bits per heavy atom. The lowest BCUT2D eigenvalue weighted by Crippen LogP contribution is -2.34. The van der Waals surface area contributed by atoms with E-state index in [-0.39, 0.29) is 13.0 Å². The second-order valence-electron chi connectivity index (χ2n) is 6.01. The molecule has 0 spiro atoms. The van der Waals surface area contributed by atoms with E-state index < -0.39 is 23.9 Å². The Hall–Kier alpha value is -1.92.